The predicted molar refractivity (Wildman–Crippen MR) is 80.6 cm³/mol. The van der Waals surface area contributed by atoms with Crippen LogP contribution in [0.1, 0.15) is 41.5 Å². The van der Waals surface area contributed by atoms with Crippen molar-refractivity contribution in [3.05, 3.63) is 35.4 Å². The monoisotopic (exact) mass is 318 g/mol. The Balaban J connectivity index is 2.11. The summed E-state index contributed by atoms with van der Waals surface area (Å²) in [7, 11) is 0. The highest BCUT2D eigenvalue weighted by molar-refractivity contribution is 6.22. The van der Waals surface area contributed by atoms with Crippen molar-refractivity contribution in [1.29, 1.82) is 0 Å². The fourth-order valence-electron chi connectivity index (χ4n) is 2.31. The van der Waals surface area contributed by atoms with Crippen molar-refractivity contribution in [2.24, 2.45) is 0 Å². The summed E-state index contributed by atoms with van der Waals surface area (Å²) in [5.41, 5.74) is 0.517. The number of esters is 1. The zero-order valence-electron chi connectivity index (χ0n) is 13.2. The molecule has 1 aromatic rings. The number of fused-ring (bicyclic) bond motifs is 1. The minimum atomic E-state index is -1.11. The Morgan fingerprint density at radius 2 is 1.65 bits per heavy atom. The van der Waals surface area contributed by atoms with E-state index in [9.17, 15) is 19.2 Å². The Labute approximate surface area is 133 Å². The molecule has 0 fully saturated rings. The van der Waals surface area contributed by atoms with Gasteiger partial charge < -0.3 is 10.1 Å². The number of hydrogen-bond acceptors (Lipinski definition) is 5. The molecule has 1 aliphatic rings. The maximum atomic E-state index is 12.3. The Morgan fingerprint density at radius 1 is 1.13 bits per heavy atom. The number of amides is 3. The topological polar surface area (TPSA) is 92.8 Å². The van der Waals surface area contributed by atoms with Crippen LogP contribution >= 0.6 is 0 Å². The summed E-state index contributed by atoms with van der Waals surface area (Å²) in [5, 5.41) is 2.53. The van der Waals surface area contributed by atoms with Crippen LogP contribution in [0.3, 0.4) is 0 Å². The van der Waals surface area contributed by atoms with Crippen LogP contribution < -0.4 is 5.32 Å². The van der Waals surface area contributed by atoms with Crippen LogP contribution in [0.4, 0.5) is 0 Å². The number of rotatable bonds is 5. The Bertz CT molecular complexity index is 635. The molecular weight excluding hydrogens is 300 g/mol. The summed E-state index contributed by atoms with van der Waals surface area (Å²) in [6.07, 6.45) is -1.000. The lowest BCUT2D eigenvalue weighted by Crippen LogP contribution is -2.46. The van der Waals surface area contributed by atoms with Crippen LogP contribution in [0.25, 0.3) is 0 Å². The van der Waals surface area contributed by atoms with E-state index in [0.717, 1.165) is 4.90 Å². The van der Waals surface area contributed by atoms with Gasteiger partial charge in [0, 0.05) is 6.54 Å². The molecule has 7 heteroatoms. The van der Waals surface area contributed by atoms with Crippen LogP contribution in [0, 0.1) is 0 Å². The maximum Gasteiger partial charge on any atom is 0.329 e. The Hall–Kier alpha value is -2.70. The highest BCUT2D eigenvalue weighted by atomic mass is 16.5. The molecule has 0 aliphatic carbocycles. The molecular formula is C16H18N2O5. The maximum absolute atomic E-state index is 12.3. The lowest BCUT2D eigenvalue weighted by molar-refractivity contribution is -0.158. The van der Waals surface area contributed by atoms with Crippen molar-refractivity contribution in [2.45, 2.75) is 32.9 Å². The molecule has 1 heterocycles. The second kappa shape index (κ2) is 6.60. The lowest BCUT2D eigenvalue weighted by Gasteiger charge is -2.22. The highest BCUT2D eigenvalue weighted by Crippen LogP contribution is 2.24. The molecule has 7 nitrogen and oxygen atoms in total. The predicted octanol–water partition coefficient (Wildman–Crippen LogP) is 0.739. The Morgan fingerprint density at radius 3 is 2.13 bits per heavy atom. The summed E-state index contributed by atoms with van der Waals surface area (Å²) < 4.78 is 5.04. The number of likely N-dealkylation sites (N-methyl/N-ethyl adjacent to an activating group) is 1. The first-order valence-electron chi connectivity index (χ1n) is 7.33. The van der Waals surface area contributed by atoms with Gasteiger partial charge in [-0.3, -0.25) is 19.3 Å². The van der Waals surface area contributed by atoms with Gasteiger partial charge in [-0.1, -0.05) is 12.1 Å². The van der Waals surface area contributed by atoms with E-state index in [1.54, 1.807) is 19.1 Å². The SMILES string of the molecule is CCNC(=O)[C@H](C)OC(=O)[C@H](C)N1C(=O)c2ccccc2C1=O. The third kappa shape index (κ3) is 3.08. The first kappa shape index (κ1) is 16.7. The summed E-state index contributed by atoms with van der Waals surface area (Å²) in [4.78, 5) is 49.2. The molecule has 23 heavy (non-hydrogen) atoms. The van der Waals surface area contributed by atoms with Crippen LogP contribution in [0.15, 0.2) is 24.3 Å². The second-order valence-electron chi connectivity index (χ2n) is 5.18. The molecule has 0 spiro atoms. The number of hydrogen-bond donors (Lipinski definition) is 1. The summed E-state index contributed by atoms with van der Waals surface area (Å²) in [5.74, 6) is -2.32. The number of ether oxygens (including phenoxy) is 1. The summed E-state index contributed by atoms with van der Waals surface area (Å²) >= 11 is 0. The van der Waals surface area contributed by atoms with Crippen molar-refractivity contribution < 1.29 is 23.9 Å². The van der Waals surface area contributed by atoms with Gasteiger partial charge in [-0.15, -0.1) is 0 Å². The molecule has 1 aromatic carbocycles. The van der Waals surface area contributed by atoms with E-state index in [-0.39, 0.29) is 11.1 Å². The van der Waals surface area contributed by atoms with Crippen molar-refractivity contribution in [2.75, 3.05) is 6.54 Å². The molecule has 122 valence electrons. The highest BCUT2D eigenvalue weighted by Gasteiger charge is 2.41. The summed E-state index contributed by atoms with van der Waals surface area (Å²) in [6.45, 7) is 4.98. The third-order valence-electron chi connectivity index (χ3n) is 3.57. The lowest BCUT2D eigenvalue weighted by atomic mass is 10.1. The van der Waals surface area contributed by atoms with Gasteiger partial charge in [0.1, 0.15) is 6.04 Å². The van der Waals surface area contributed by atoms with Gasteiger partial charge in [-0.2, -0.15) is 0 Å². The van der Waals surface area contributed by atoms with Crippen LogP contribution in [-0.2, 0) is 14.3 Å². The molecule has 0 radical (unpaired) electrons. The average Bonchev–Trinajstić information content (AvgIpc) is 2.78. The quantitative estimate of drug-likeness (QED) is 0.638. The van der Waals surface area contributed by atoms with Gasteiger partial charge in [0.05, 0.1) is 11.1 Å². The zero-order valence-corrected chi connectivity index (χ0v) is 13.2. The standard InChI is InChI=1S/C16H18N2O5/c1-4-17-13(19)10(3)23-16(22)9(2)18-14(20)11-7-5-6-8-12(11)15(18)21/h5-10H,4H2,1-3H3,(H,17,19)/t9-,10-/m0/s1. The van der Waals surface area contributed by atoms with Gasteiger partial charge in [0.2, 0.25) is 0 Å². The smallest absolute Gasteiger partial charge is 0.329 e. The van der Waals surface area contributed by atoms with E-state index in [1.165, 1.54) is 26.0 Å². The van der Waals surface area contributed by atoms with E-state index < -0.39 is 35.8 Å². The molecule has 1 N–H and O–H groups in total. The number of benzene rings is 1. The third-order valence-corrected chi connectivity index (χ3v) is 3.57. The molecule has 0 aromatic heterocycles. The summed E-state index contributed by atoms with van der Waals surface area (Å²) in [6, 6.07) is 5.25. The number of nitrogens with one attached hydrogen (secondary N) is 1. The molecule has 0 saturated carbocycles. The molecule has 1 aliphatic heterocycles. The fraction of sp³-hybridized carbons (Fsp3) is 0.375. The van der Waals surface area contributed by atoms with Crippen LogP contribution in [0.2, 0.25) is 0 Å². The van der Waals surface area contributed by atoms with E-state index in [4.69, 9.17) is 4.74 Å². The first-order valence-corrected chi connectivity index (χ1v) is 7.33. The Kier molecular flexibility index (Phi) is 4.78. The van der Waals surface area contributed by atoms with Crippen LogP contribution in [0.5, 0.6) is 0 Å². The van der Waals surface area contributed by atoms with E-state index in [2.05, 4.69) is 5.32 Å². The van der Waals surface area contributed by atoms with Crippen LogP contribution in [-0.4, -0.2) is 47.3 Å². The molecule has 0 unspecified atom stereocenters. The molecule has 0 bridgehead atoms. The van der Waals surface area contributed by atoms with E-state index in [0.29, 0.717) is 6.54 Å². The minimum Gasteiger partial charge on any atom is -0.451 e. The number of carbonyl (C=O) groups is 4. The largest absolute Gasteiger partial charge is 0.451 e. The average molecular weight is 318 g/mol. The number of nitrogens with zero attached hydrogens (tertiary/aromatic N) is 1. The van der Waals surface area contributed by atoms with E-state index >= 15 is 0 Å². The van der Waals surface area contributed by atoms with Gasteiger partial charge in [0.25, 0.3) is 17.7 Å². The molecule has 2 rings (SSSR count). The normalized spacial score (nSPS) is 15.9. The van der Waals surface area contributed by atoms with Gasteiger partial charge in [-0.25, -0.2) is 4.79 Å². The van der Waals surface area contributed by atoms with Gasteiger partial charge in [-0.05, 0) is 32.9 Å². The minimum absolute atomic E-state index is 0.258. The van der Waals surface area contributed by atoms with Crippen molar-refractivity contribution in [1.82, 2.24) is 10.2 Å². The molecule has 2 atom stereocenters. The first-order chi connectivity index (χ1) is 10.9. The number of imide groups is 1. The second-order valence-corrected chi connectivity index (χ2v) is 5.18. The van der Waals surface area contributed by atoms with Crippen molar-refractivity contribution in [3.8, 4) is 0 Å². The molecule has 0 saturated heterocycles. The van der Waals surface area contributed by atoms with Gasteiger partial charge in [0.15, 0.2) is 6.10 Å². The zero-order chi connectivity index (χ0) is 17.1. The molecule has 3 amide bonds. The fourth-order valence-corrected chi connectivity index (χ4v) is 2.31. The number of carbonyl (C=O) groups excluding carboxylic acids is 4. The van der Waals surface area contributed by atoms with Crippen molar-refractivity contribution >= 4 is 23.7 Å². The van der Waals surface area contributed by atoms with Crippen molar-refractivity contribution in [3.63, 3.8) is 0 Å². The van der Waals surface area contributed by atoms with Gasteiger partial charge >= 0.3 is 5.97 Å². The van der Waals surface area contributed by atoms with E-state index in [1.807, 2.05) is 0 Å².